The van der Waals surface area contributed by atoms with Gasteiger partial charge in [-0.05, 0) is 32.6 Å². The maximum Gasteiger partial charge on any atom is 0.335 e. The van der Waals surface area contributed by atoms with Crippen molar-refractivity contribution in [2.24, 2.45) is 0 Å². The number of esters is 1. The summed E-state index contributed by atoms with van der Waals surface area (Å²) in [5.74, 6) is -0.232. The molecule has 0 amide bonds. The monoisotopic (exact) mass is 174 g/mol. The predicted molar refractivity (Wildman–Crippen MR) is 46.9 cm³/mol. The van der Waals surface area contributed by atoms with Crippen LogP contribution in [0.3, 0.4) is 0 Å². The van der Waals surface area contributed by atoms with E-state index in [1.807, 2.05) is 0 Å². The first kappa shape index (κ1) is 9.52. The Labute approximate surface area is 74.5 Å². The second-order valence-electron chi connectivity index (χ2n) is 3.22. The van der Waals surface area contributed by atoms with Gasteiger partial charge in [0.15, 0.2) is 6.10 Å². The van der Waals surface area contributed by atoms with Crippen LogP contribution in [0, 0.1) is 0 Å². The second-order valence-corrected chi connectivity index (χ2v) is 3.22. The van der Waals surface area contributed by atoms with E-state index in [0.29, 0.717) is 0 Å². The molecule has 1 unspecified atom stereocenters. The number of hydrogen-bond acceptors (Lipinski definition) is 3. The highest BCUT2D eigenvalue weighted by atomic mass is 16.6. The molecule has 0 aromatic heterocycles. The molecule has 3 heteroatoms. The lowest BCUT2D eigenvalue weighted by Gasteiger charge is -2.14. The minimum Gasteiger partial charge on any atom is -0.460 e. The number of carbonyl (C=O) groups is 1. The van der Waals surface area contributed by atoms with Crippen molar-refractivity contribution >= 4 is 5.97 Å². The van der Waals surface area contributed by atoms with Crippen LogP contribution in [0.15, 0.2) is 0 Å². The molecular weight excluding hydrogens is 156 g/mol. The lowest BCUT2D eigenvalue weighted by molar-refractivity contribution is -0.159. The fourth-order valence-corrected chi connectivity index (χ4v) is 1.36. The van der Waals surface area contributed by atoms with Crippen molar-refractivity contribution in [3.05, 3.63) is 0 Å². The summed E-state index contributed by atoms with van der Waals surface area (Å²) in [4.78, 5) is 11.2. The third-order valence-electron chi connectivity index (χ3n) is 2.27. The molecule has 1 fully saturated rings. The molecule has 0 saturated heterocycles. The van der Waals surface area contributed by atoms with E-state index in [1.165, 1.54) is 20.0 Å². The van der Waals surface area contributed by atoms with Gasteiger partial charge in [-0.2, -0.15) is 0 Å². The Morgan fingerprint density at radius 2 is 2.08 bits per heavy atom. The van der Waals surface area contributed by atoms with Gasteiger partial charge in [-0.1, -0.05) is 0 Å². The highest BCUT2D eigenvalue weighted by molar-refractivity contribution is 5.74. The Hall–Kier alpha value is -0.570. The third kappa shape index (κ3) is 2.48. The van der Waals surface area contributed by atoms with Crippen LogP contribution in [-0.2, 0) is 14.3 Å². The van der Waals surface area contributed by atoms with Crippen LogP contribution < -0.4 is 0 Å². The van der Waals surface area contributed by atoms with Gasteiger partial charge in [0.1, 0.15) is 6.10 Å². The lowest BCUT2D eigenvalue weighted by Crippen LogP contribution is -2.25. The molecule has 1 aliphatic rings. The molecule has 1 rings (SSSR count). The number of hydrogen-bond donors (Lipinski definition) is 0. The van der Waals surface area contributed by atoms with E-state index in [4.69, 9.17) is 9.47 Å². The molecule has 0 spiro atoms. The summed E-state index contributed by atoms with van der Waals surface area (Å²) >= 11 is 0. The first-order valence-electron chi connectivity index (χ1n) is 4.47. The van der Waals surface area contributed by atoms with Crippen LogP contribution in [0.4, 0.5) is 0 Å². The fourth-order valence-electron chi connectivity index (χ4n) is 1.36. The summed E-state index contributed by atoms with van der Waals surface area (Å²) in [7, 11) is 1.51. The van der Waals surface area contributed by atoms with Gasteiger partial charge in [0.25, 0.3) is 0 Å². The number of ether oxygens (including phenoxy) is 2. The maximum absolute atomic E-state index is 11.2. The standard InChI is InChI=1S/C9H16O3.H2/c1-7(11-2)9(10)12-8-5-3-4-6-8;/h7-8H,3-6H2,1-2H3;1H. The molecule has 0 bridgehead atoms. The Bertz CT molecular complexity index is 155. The zero-order chi connectivity index (χ0) is 8.97. The lowest BCUT2D eigenvalue weighted by atomic mass is 10.3. The van der Waals surface area contributed by atoms with Crippen LogP contribution in [-0.4, -0.2) is 25.3 Å². The SMILES string of the molecule is COC(C)C(=O)OC1CCCC1.[HH]. The quantitative estimate of drug-likeness (QED) is 0.611. The van der Waals surface area contributed by atoms with Crippen molar-refractivity contribution in [1.29, 1.82) is 0 Å². The van der Waals surface area contributed by atoms with Crippen molar-refractivity contribution in [1.82, 2.24) is 0 Å². The van der Waals surface area contributed by atoms with E-state index in [-0.39, 0.29) is 13.5 Å². The van der Waals surface area contributed by atoms with E-state index >= 15 is 0 Å². The van der Waals surface area contributed by atoms with Crippen LogP contribution in [0.1, 0.15) is 34.0 Å². The molecule has 0 aliphatic heterocycles. The molecule has 0 heterocycles. The van der Waals surface area contributed by atoms with E-state index < -0.39 is 6.10 Å². The largest absolute Gasteiger partial charge is 0.460 e. The second kappa shape index (κ2) is 4.45. The van der Waals surface area contributed by atoms with Crippen molar-refractivity contribution in [2.45, 2.75) is 44.8 Å². The van der Waals surface area contributed by atoms with E-state index in [2.05, 4.69) is 0 Å². The molecule has 1 saturated carbocycles. The first-order valence-corrected chi connectivity index (χ1v) is 4.47. The van der Waals surface area contributed by atoms with Gasteiger partial charge in [0.05, 0.1) is 0 Å². The average Bonchev–Trinajstić information content (AvgIpc) is 2.55. The van der Waals surface area contributed by atoms with E-state index in [0.717, 1.165) is 12.8 Å². The predicted octanol–water partition coefficient (Wildman–Crippen LogP) is 1.75. The summed E-state index contributed by atoms with van der Waals surface area (Å²) < 4.78 is 10.0. The zero-order valence-electron chi connectivity index (χ0n) is 7.71. The number of rotatable bonds is 3. The van der Waals surface area contributed by atoms with Crippen LogP contribution >= 0.6 is 0 Å². The van der Waals surface area contributed by atoms with Crippen LogP contribution in [0.5, 0.6) is 0 Å². The molecular formula is C9H18O3. The average molecular weight is 174 g/mol. The Morgan fingerprint density at radius 3 is 2.58 bits per heavy atom. The minimum atomic E-state index is -0.425. The molecule has 0 N–H and O–H groups in total. The molecule has 0 radical (unpaired) electrons. The molecule has 1 aliphatic carbocycles. The van der Waals surface area contributed by atoms with Gasteiger partial charge in [-0.25, -0.2) is 4.79 Å². The number of carbonyl (C=O) groups excluding carboxylic acids is 1. The van der Waals surface area contributed by atoms with E-state index in [9.17, 15) is 4.79 Å². The molecule has 0 aromatic rings. The van der Waals surface area contributed by atoms with Crippen molar-refractivity contribution in [2.75, 3.05) is 7.11 Å². The van der Waals surface area contributed by atoms with Crippen molar-refractivity contribution < 1.29 is 15.7 Å². The molecule has 0 aromatic carbocycles. The smallest absolute Gasteiger partial charge is 0.335 e. The Balaban J connectivity index is 0.00000144. The van der Waals surface area contributed by atoms with Crippen molar-refractivity contribution in [3.63, 3.8) is 0 Å². The molecule has 3 nitrogen and oxygen atoms in total. The normalized spacial score (nSPS) is 20.8. The summed E-state index contributed by atoms with van der Waals surface area (Å²) in [6, 6.07) is 0. The molecule has 12 heavy (non-hydrogen) atoms. The highest BCUT2D eigenvalue weighted by Crippen LogP contribution is 2.21. The topological polar surface area (TPSA) is 35.5 Å². The summed E-state index contributed by atoms with van der Waals surface area (Å²) in [6.07, 6.45) is 4.11. The van der Waals surface area contributed by atoms with Crippen LogP contribution in [0.2, 0.25) is 0 Å². The summed E-state index contributed by atoms with van der Waals surface area (Å²) in [5.41, 5.74) is 0. The molecule has 1 atom stereocenters. The number of methoxy groups -OCH3 is 1. The fraction of sp³-hybridized carbons (Fsp3) is 0.889. The minimum absolute atomic E-state index is 0. The van der Waals surface area contributed by atoms with Gasteiger partial charge in [0.2, 0.25) is 0 Å². The van der Waals surface area contributed by atoms with Crippen LogP contribution in [0.25, 0.3) is 0 Å². The summed E-state index contributed by atoms with van der Waals surface area (Å²) in [6.45, 7) is 1.71. The van der Waals surface area contributed by atoms with Gasteiger partial charge in [-0.15, -0.1) is 0 Å². The maximum atomic E-state index is 11.2. The van der Waals surface area contributed by atoms with Crippen molar-refractivity contribution in [3.8, 4) is 0 Å². The van der Waals surface area contributed by atoms with Gasteiger partial charge >= 0.3 is 5.97 Å². The molecule has 72 valence electrons. The first-order chi connectivity index (χ1) is 5.74. The highest BCUT2D eigenvalue weighted by Gasteiger charge is 2.22. The van der Waals surface area contributed by atoms with Gasteiger partial charge in [0, 0.05) is 8.54 Å². The Morgan fingerprint density at radius 1 is 1.50 bits per heavy atom. The summed E-state index contributed by atoms with van der Waals surface area (Å²) in [5, 5.41) is 0. The Kier molecular flexibility index (Phi) is 3.53. The van der Waals surface area contributed by atoms with E-state index in [1.54, 1.807) is 6.92 Å². The van der Waals surface area contributed by atoms with Gasteiger partial charge < -0.3 is 9.47 Å². The zero-order valence-corrected chi connectivity index (χ0v) is 7.71. The van der Waals surface area contributed by atoms with Gasteiger partial charge in [-0.3, -0.25) is 0 Å². The third-order valence-corrected chi connectivity index (χ3v) is 2.27.